The molecule has 2 fully saturated rings. The molecule has 1 N–H and O–H groups in total. The van der Waals surface area contributed by atoms with Crippen LogP contribution in [0.1, 0.15) is 63.5 Å². The predicted octanol–water partition coefficient (Wildman–Crippen LogP) is 4.41. The molecule has 2 nitrogen and oxygen atoms in total. The molecule has 23 heavy (non-hydrogen) atoms. The lowest BCUT2D eigenvalue weighted by atomic mass is 9.68. The van der Waals surface area contributed by atoms with Crippen molar-refractivity contribution >= 4 is 0 Å². The smallest absolute Gasteiger partial charge is 0.0234 e. The van der Waals surface area contributed by atoms with Gasteiger partial charge in [0.2, 0.25) is 0 Å². The summed E-state index contributed by atoms with van der Waals surface area (Å²) in [5.41, 5.74) is 3.57. The Kier molecular flexibility index (Phi) is 5.43. The topological polar surface area (TPSA) is 15.3 Å². The Labute approximate surface area is 142 Å². The second-order valence-electron chi connectivity index (χ2n) is 8.69. The first-order valence-electron chi connectivity index (χ1n) is 9.54. The van der Waals surface area contributed by atoms with E-state index in [4.69, 9.17) is 0 Å². The molecule has 128 valence electrons. The molecule has 3 rings (SSSR count). The lowest BCUT2D eigenvalue weighted by molar-refractivity contribution is 0.169. The highest BCUT2D eigenvalue weighted by atomic mass is 15.2. The molecular formula is C21H34N2. The van der Waals surface area contributed by atoms with Crippen molar-refractivity contribution in [3.05, 3.63) is 35.4 Å². The van der Waals surface area contributed by atoms with Crippen molar-refractivity contribution in [1.82, 2.24) is 10.2 Å². The number of hydrogen-bond donors (Lipinski definition) is 1. The molecule has 1 heterocycles. The van der Waals surface area contributed by atoms with Crippen LogP contribution in [0.4, 0.5) is 0 Å². The molecular weight excluding hydrogens is 280 g/mol. The van der Waals surface area contributed by atoms with Gasteiger partial charge in [-0.05, 0) is 54.1 Å². The molecule has 1 aromatic rings. The number of nitrogens with one attached hydrogen (secondary N) is 1. The molecule has 0 aromatic heterocycles. The van der Waals surface area contributed by atoms with Crippen LogP contribution >= 0.6 is 0 Å². The first-order valence-corrected chi connectivity index (χ1v) is 9.54. The lowest BCUT2D eigenvalue weighted by Crippen LogP contribution is -2.42. The van der Waals surface area contributed by atoms with Gasteiger partial charge in [-0.1, -0.05) is 45.0 Å². The molecule has 0 spiro atoms. The maximum Gasteiger partial charge on any atom is 0.0234 e. The Hall–Kier alpha value is -0.860. The third kappa shape index (κ3) is 4.58. The highest BCUT2D eigenvalue weighted by Crippen LogP contribution is 2.43. The molecule has 2 heteroatoms. The largest absolute Gasteiger partial charge is 0.314 e. The Balaban J connectivity index is 1.59. The zero-order valence-corrected chi connectivity index (χ0v) is 15.3. The van der Waals surface area contributed by atoms with Gasteiger partial charge in [0.25, 0.3) is 0 Å². The first kappa shape index (κ1) is 17.0. The van der Waals surface area contributed by atoms with Gasteiger partial charge in [-0.25, -0.2) is 0 Å². The lowest BCUT2D eigenvalue weighted by Gasteiger charge is -2.37. The number of piperazine rings is 1. The number of hydrogen-bond acceptors (Lipinski definition) is 2. The van der Waals surface area contributed by atoms with E-state index in [0.29, 0.717) is 5.41 Å². The van der Waals surface area contributed by atoms with Crippen LogP contribution in [0.15, 0.2) is 24.3 Å². The average molecular weight is 315 g/mol. The zero-order valence-electron chi connectivity index (χ0n) is 15.3. The Morgan fingerprint density at radius 3 is 2.39 bits per heavy atom. The van der Waals surface area contributed by atoms with E-state index in [0.717, 1.165) is 31.5 Å². The summed E-state index contributed by atoms with van der Waals surface area (Å²) in [6.45, 7) is 13.0. The van der Waals surface area contributed by atoms with Gasteiger partial charge in [0.1, 0.15) is 0 Å². The first-order chi connectivity index (χ1) is 11.0. The maximum absolute atomic E-state index is 3.44. The highest BCUT2D eigenvalue weighted by molar-refractivity contribution is 5.27. The number of benzene rings is 1. The third-order valence-corrected chi connectivity index (χ3v) is 5.99. The summed E-state index contributed by atoms with van der Waals surface area (Å²) in [7, 11) is 0. The van der Waals surface area contributed by atoms with Crippen molar-refractivity contribution in [1.29, 1.82) is 0 Å². The Morgan fingerprint density at radius 2 is 1.74 bits per heavy atom. The number of rotatable bonds is 3. The van der Waals surface area contributed by atoms with Crippen molar-refractivity contribution in [3.8, 4) is 0 Å². The predicted molar refractivity (Wildman–Crippen MR) is 98.7 cm³/mol. The average Bonchev–Trinajstić information content (AvgIpc) is 2.55. The fraction of sp³-hybridized carbons (Fsp3) is 0.714. The van der Waals surface area contributed by atoms with Crippen LogP contribution in [0.3, 0.4) is 0 Å². The van der Waals surface area contributed by atoms with Crippen molar-refractivity contribution in [2.75, 3.05) is 26.2 Å². The van der Waals surface area contributed by atoms with E-state index < -0.39 is 0 Å². The van der Waals surface area contributed by atoms with Crippen LogP contribution in [0, 0.1) is 11.3 Å². The van der Waals surface area contributed by atoms with Gasteiger partial charge in [0.15, 0.2) is 0 Å². The Morgan fingerprint density at radius 1 is 1.04 bits per heavy atom. The van der Waals surface area contributed by atoms with Crippen LogP contribution in [0.2, 0.25) is 0 Å². The summed E-state index contributed by atoms with van der Waals surface area (Å²) in [6.07, 6.45) is 5.55. The summed E-state index contributed by atoms with van der Waals surface area (Å²) in [6, 6.07) is 9.45. The van der Waals surface area contributed by atoms with Crippen LogP contribution in [0.5, 0.6) is 0 Å². The molecule has 0 atom stereocenters. The van der Waals surface area contributed by atoms with Crippen molar-refractivity contribution in [2.24, 2.45) is 11.3 Å². The maximum atomic E-state index is 3.44. The Bertz CT molecular complexity index is 489. The third-order valence-electron chi connectivity index (χ3n) is 5.99. The molecule has 0 bridgehead atoms. The van der Waals surface area contributed by atoms with E-state index in [-0.39, 0.29) is 0 Å². The molecule has 0 unspecified atom stereocenters. The van der Waals surface area contributed by atoms with E-state index in [1.54, 1.807) is 5.56 Å². The molecule has 1 saturated carbocycles. The van der Waals surface area contributed by atoms with Gasteiger partial charge in [0, 0.05) is 32.7 Å². The molecule has 0 amide bonds. The van der Waals surface area contributed by atoms with E-state index in [2.05, 4.69) is 55.3 Å². The zero-order chi connectivity index (χ0) is 16.3. The normalized spacial score (nSPS) is 27.1. The molecule has 1 aliphatic heterocycles. The van der Waals surface area contributed by atoms with Gasteiger partial charge in [0.05, 0.1) is 0 Å². The van der Waals surface area contributed by atoms with Gasteiger partial charge >= 0.3 is 0 Å². The number of nitrogens with zero attached hydrogens (tertiary/aromatic N) is 1. The second-order valence-corrected chi connectivity index (χ2v) is 8.69. The van der Waals surface area contributed by atoms with Crippen LogP contribution in [-0.4, -0.2) is 31.1 Å². The standard InChI is InChI=1S/C21H34N2/c1-21(2,3)20-9-7-18(8-10-20)19-6-4-5-17(15-19)16-23-13-11-22-12-14-23/h4-6,15,18,20,22H,7-14,16H2,1-3H3. The van der Waals surface area contributed by atoms with Crippen LogP contribution < -0.4 is 5.32 Å². The van der Waals surface area contributed by atoms with E-state index in [9.17, 15) is 0 Å². The summed E-state index contributed by atoms with van der Waals surface area (Å²) in [5.74, 6) is 1.69. The quantitative estimate of drug-likeness (QED) is 0.889. The molecule has 2 aliphatic rings. The summed E-state index contributed by atoms with van der Waals surface area (Å²) < 4.78 is 0. The van der Waals surface area contributed by atoms with E-state index >= 15 is 0 Å². The van der Waals surface area contributed by atoms with Gasteiger partial charge in [-0.3, -0.25) is 4.90 Å². The highest BCUT2D eigenvalue weighted by Gasteiger charge is 2.30. The molecule has 0 radical (unpaired) electrons. The minimum atomic E-state index is 0.481. The summed E-state index contributed by atoms with van der Waals surface area (Å²) in [4.78, 5) is 2.58. The van der Waals surface area contributed by atoms with Gasteiger partial charge in [-0.15, -0.1) is 0 Å². The van der Waals surface area contributed by atoms with Gasteiger partial charge < -0.3 is 5.32 Å². The monoisotopic (exact) mass is 314 g/mol. The summed E-state index contributed by atoms with van der Waals surface area (Å²) >= 11 is 0. The molecule has 1 saturated heterocycles. The molecule has 1 aromatic carbocycles. The van der Waals surface area contributed by atoms with Crippen molar-refractivity contribution < 1.29 is 0 Å². The van der Waals surface area contributed by atoms with Crippen LogP contribution in [-0.2, 0) is 6.54 Å². The van der Waals surface area contributed by atoms with Crippen molar-refractivity contribution in [2.45, 2.75) is 58.9 Å². The minimum absolute atomic E-state index is 0.481. The SMILES string of the molecule is CC(C)(C)C1CCC(c2cccc(CN3CCNCC3)c2)CC1. The van der Waals surface area contributed by atoms with E-state index in [1.165, 1.54) is 44.3 Å². The second kappa shape index (κ2) is 7.36. The molecule has 1 aliphatic carbocycles. The van der Waals surface area contributed by atoms with Crippen LogP contribution in [0.25, 0.3) is 0 Å². The van der Waals surface area contributed by atoms with Crippen molar-refractivity contribution in [3.63, 3.8) is 0 Å². The minimum Gasteiger partial charge on any atom is -0.314 e. The fourth-order valence-corrected chi connectivity index (χ4v) is 4.37. The van der Waals surface area contributed by atoms with Gasteiger partial charge in [-0.2, -0.15) is 0 Å². The van der Waals surface area contributed by atoms with E-state index in [1.807, 2.05) is 0 Å². The summed E-state index contributed by atoms with van der Waals surface area (Å²) in [5, 5.41) is 3.44. The fourth-order valence-electron chi connectivity index (χ4n) is 4.37.